The van der Waals surface area contributed by atoms with Gasteiger partial charge in [-0.05, 0) is 59.5 Å². The minimum atomic E-state index is -2.52. The first-order valence-electron chi connectivity index (χ1n) is 9.61. The minimum absolute atomic E-state index is 0.0498. The van der Waals surface area contributed by atoms with Crippen molar-refractivity contribution in [3.05, 3.63) is 40.9 Å². The van der Waals surface area contributed by atoms with Crippen LogP contribution in [0.5, 0.6) is 0 Å². The lowest BCUT2D eigenvalue weighted by Gasteiger charge is -2.32. The summed E-state index contributed by atoms with van der Waals surface area (Å²) in [6, 6.07) is 5.94. The monoisotopic (exact) mass is 409 g/mol. The summed E-state index contributed by atoms with van der Waals surface area (Å²) in [4.78, 5) is 12.1. The molecule has 1 amide bonds. The number of rotatable bonds is 5. The summed E-state index contributed by atoms with van der Waals surface area (Å²) >= 11 is 0. The van der Waals surface area contributed by atoms with Crippen LogP contribution in [0.2, 0.25) is 0 Å². The standard InChI is InChI=1S/C21H30BF2NO4/c1-19(2,3)27-18(26)25-13-16(22-28-20(4,5)21(6,7)29-22)12-14-8-10-15(11-9-14)17(23)24/h8-12,17H,13H2,1-7H3,(H,25,26). The van der Waals surface area contributed by atoms with Crippen molar-refractivity contribution in [2.75, 3.05) is 6.54 Å². The van der Waals surface area contributed by atoms with E-state index in [9.17, 15) is 13.6 Å². The number of carbonyl (C=O) groups is 1. The number of nitrogens with one attached hydrogen (secondary N) is 1. The van der Waals surface area contributed by atoms with Crippen molar-refractivity contribution in [1.82, 2.24) is 5.32 Å². The molecule has 0 saturated carbocycles. The van der Waals surface area contributed by atoms with Crippen molar-refractivity contribution in [3.8, 4) is 0 Å². The van der Waals surface area contributed by atoms with E-state index in [0.717, 1.165) is 0 Å². The number of halogens is 2. The Labute approximate surface area is 171 Å². The Morgan fingerprint density at radius 1 is 1.14 bits per heavy atom. The fourth-order valence-electron chi connectivity index (χ4n) is 2.64. The van der Waals surface area contributed by atoms with Gasteiger partial charge in [0.2, 0.25) is 0 Å². The molecule has 1 saturated heterocycles. The number of amides is 1. The molecule has 29 heavy (non-hydrogen) atoms. The van der Waals surface area contributed by atoms with Gasteiger partial charge in [0.05, 0.1) is 11.2 Å². The van der Waals surface area contributed by atoms with Gasteiger partial charge in [-0.2, -0.15) is 0 Å². The third-order valence-corrected chi connectivity index (χ3v) is 4.93. The smallest absolute Gasteiger partial charge is 0.444 e. The summed E-state index contributed by atoms with van der Waals surface area (Å²) in [7, 11) is -0.690. The highest BCUT2D eigenvalue weighted by Gasteiger charge is 2.52. The first-order chi connectivity index (χ1) is 13.2. The highest BCUT2D eigenvalue weighted by atomic mass is 19.3. The Hall–Kier alpha value is -1.93. The second-order valence-corrected chi connectivity index (χ2v) is 9.13. The van der Waals surface area contributed by atoms with Gasteiger partial charge in [-0.3, -0.25) is 0 Å². The summed E-state index contributed by atoms with van der Waals surface area (Å²) in [6.07, 6.45) is -1.31. The van der Waals surface area contributed by atoms with Gasteiger partial charge >= 0.3 is 13.2 Å². The molecule has 1 heterocycles. The van der Waals surface area contributed by atoms with Crippen LogP contribution in [0.25, 0.3) is 6.08 Å². The summed E-state index contributed by atoms with van der Waals surface area (Å²) in [6.45, 7) is 13.2. The zero-order valence-electron chi connectivity index (χ0n) is 18.1. The summed E-state index contributed by atoms with van der Waals surface area (Å²) in [5.74, 6) is 0. The van der Waals surface area contributed by atoms with Gasteiger partial charge in [0.25, 0.3) is 6.43 Å². The van der Waals surface area contributed by atoms with Crippen molar-refractivity contribution >= 4 is 19.3 Å². The number of hydrogen-bond acceptors (Lipinski definition) is 4. The molecule has 160 valence electrons. The Kier molecular flexibility index (Phi) is 6.80. The van der Waals surface area contributed by atoms with Crippen molar-refractivity contribution in [2.24, 2.45) is 0 Å². The van der Waals surface area contributed by atoms with Crippen molar-refractivity contribution in [3.63, 3.8) is 0 Å². The van der Waals surface area contributed by atoms with E-state index in [-0.39, 0.29) is 12.1 Å². The number of alkyl carbamates (subject to hydrolysis) is 1. The van der Waals surface area contributed by atoms with Crippen LogP contribution in [0.4, 0.5) is 13.6 Å². The van der Waals surface area contributed by atoms with E-state index in [1.165, 1.54) is 12.1 Å². The molecule has 1 aliphatic rings. The fraction of sp³-hybridized carbons (Fsp3) is 0.571. The quantitative estimate of drug-likeness (QED) is 0.683. The molecular formula is C21H30BF2NO4. The Balaban J connectivity index is 2.25. The van der Waals surface area contributed by atoms with E-state index in [2.05, 4.69) is 5.32 Å². The molecule has 0 atom stereocenters. The van der Waals surface area contributed by atoms with Crippen molar-refractivity contribution in [2.45, 2.75) is 71.7 Å². The average Bonchev–Trinajstić information content (AvgIpc) is 2.78. The predicted molar refractivity (Wildman–Crippen MR) is 110 cm³/mol. The topological polar surface area (TPSA) is 56.8 Å². The zero-order chi connectivity index (χ0) is 22.0. The van der Waals surface area contributed by atoms with Gasteiger partial charge in [-0.15, -0.1) is 0 Å². The van der Waals surface area contributed by atoms with Crippen LogP contribution in [0.1, 0.15) is 66.0 Å². The lowest BCUT2D eigenvalue weighted by Crippen LogP contribution is -2.41. The number of benzene rings is 1. The third kappa shape index (κ3) is 6.28. The summed E-state index contributed by atoms with van der Waals surface area (Å²) in [5, 5.41) is 2.71. The van der Waals surface area contributed by atoms with E-state index in [4.69, 9.17) is 14.0 Å². The molecular weight excluding hydrogens is 379 g/mol. The molecule has 8 heteroatoms. The Bertz CT molecular complexity index is 739. The van der Waals surface area contributed by atoms with E-state index >= 15 is 0 Å². The number of ether oxygens (including phenoxy) is 1. The van der Waals surface area contributed by atoms with Gasteiger partial charge < -0.3 is 19.4 Å². The van der Waals surface area contributed by atoms with Crippen LogP contribution >= 0.6 is 0 Å². The van der Waals surface area contributed by atoms with E-state index in [1.54, 1.807) is 39.0 Å². The largest absolute Gasteiger partial charge is 0.492 e. The first kappa shape index (κ1) is 23.4. The zero-order valence-corrected chi connectivity index (χ0v) is 18.1. The van der Waals surface area contributed by atoms with E-state index < -0.39 is 36.4 Å². The third-order valence-electron chi connectivity index (χ3n) is 4.93. The normalized spacial score (nSPS) is 18.8. The maximum Gasteiger partial charge on any atom is 0.492 e. The summed E-state index contributed by atoms with van der Waals surface area (Å²) in [5.41, 5.74) is -0.427. The number of carbonyl (C=O) groups excluding carboxylic acids is 1. The molecule has 1 aliphatic heterocycles. The van der Waals surface area contributed by atoms with Crippen LogP contribution < -0.4 is 5.32 Å². The minimum Gasteiger partial charge on any atom is -0.444 e. The molecule has 0 bridgehead atoms. The molecule has 0 aliphatic carbocycles. The SMILES string of the molecule is CC(C)(C)OC(=O)NCC(=Cc1ccc(C(F)F)cc1)B1OC(C)(C)C(C)(C)O1. The molecule has 0 aromatic heterocycles. The molecule has 5 nitrogen and oxygen atoms in total. The van der Waals surface area contributed by atoms with E-state index in [1.807, 2.05) is 27.7 Å². The lowest BCUT2D eigenvalue weighted by atomic mass is 9.77. The first-order valence-corrected chi connectivity index (χ1v) is 9.61. The second kappa shape index (κ2) is 8.44. The number of alkyl halides is 2. The van der Waals surface area contributed by atoms with Crippen LogP contribution in [0.3, 0.4) is 0 Å². The molecule has 1 aromatic carbocycles. The Morgan fingerprint density at radius 3 is 2.10 bits per heavy atom. The van der Waals surface area contributed by atoms with Crippen LogP contribution in [0, 0.1) is 0 Å². The molecule has 1 aromatic rings. The van der Waals surface area contributed by atoms with Gasteiger partial charge in [0.15, 0.2) is 0 Å². The maximum absolute atomic E-state index is 12.8. The van der Waals surface area contributed by atoms with Gasteiger partial charge in [0.1, 0.15) is 5.60 Å². The summed E-state index contributed by atoms with van der Waals surface area (Å²) < 4.78 is 43.1. The average molecular weight is 409 g/mol. The van der Waals surface area contributed by atoms with E-state index in [0.29, 0.717) is 11.0 Å². The Morgan fingerprint density at radius 2 is 1.66 bits per heavy atom. The number of hydrogen-bond donors (Lipinski definition) is 1. The van der Waals surface area contributed by atoms with Gasteiger partial charge in [-0.1, -0.05) is 30.3 Å². The molecule has 0 unspecified atom stereocenters. The lowest BCUT2D eigenvalue weighted by molar-refractivity contribution is 0.00578. The molecule has 2 rings (SSSR count). The fourth-order valence-corrected chi connectivity index (χ4v) is 2.64. The second-order valence-electron chi connectivity index (χ2n) is 9.13. The van der Waals surface area contributed by atoms with Crippen LogP contribution in [0.15, 0.2) is 29.7 Å². The molecule has 1 fully saturated rings. The maximum atomic E-state index is 12.8. The highest BCUT2D eigenvalue weighted by Crippen LogP contribution is 2.38. The van der Waals surface area contributed by atoms with Gasteiger partial charge in [0, 0.05) is 12.1 Å². The van der Waals surface area contributed by atoms with Crippen LogP contribution in [-0.4, -0.2) is 36.6 Å². The van der Waals surface area contributed by atoms with Crippen LogP contribution in [-0.2, 0) is 14.0 Å². The van der Waals surface area contributed by atoms with Gasteiger partial charge in [-0.25, -0.2) is 13.6 Å². The predicted octanol–water partition coefficient (Wildman–Crippen LogP) is 5.16. The van der Waals surface area contributed by atoms with Crippen molar-refractivity contribution in [1.29, 1.82) is 0 Å². The molecule has 0 spiro atoms. The molecule has 1 N–H and O–H groups in total. The van der Waals surface area contributed by atoms with Crippen molar-refractivity contribution < 1.29 is 27.6 Å². The highest BCUT2D eigenvalue weighted by molar-refractivity contribution is 6.56. The molecule has 0 radical (unpaired) electrons.